The lowest BCUT2D eigenvalue weighted by Gasteiger charge is -2.15. The molecule has 1 aliphatic heterocycles. The molecule has 10 heteroatoms. The molecule has 0 saturated carbocycles. The molecule has 8 nitrogen and oxygen atoms in total. The quantitative estimate of drug-likeness (QED) is 0.500. The maximum absolute atomic E-state index is 12.6. The van der Waals surface area contributed by atoms with Gasteiger partial charge in [0.1, 0.15) is 12.4 Å². The number of hydrogen-bond acceptors (Lipinski definition) is 6. The van der Waals surface area contributed by atoms with Crippen LogP contribution in [0.25, 0.3) is 0 Å². The molecule has 2 amide bonds. The number of nitrogens with one attached hydrogen (secondary N) is 2. The summed E-state index contributed by atoms with van der Waals surface area (Å²) in [5, 5.41) is 1.96. The number of rotatable bonds is 7. The molecule has 0 spiro atoms. The molecule has 0 atom stereocenters. The molecule has 0 radical (unpaired) electrons. The Labute approximate surface area is 196 Å². The second-order valence-electron chi connectivity index (χ2n) is 7.44. The molecular weight excluding hydrogens is 462 g/mol. The monoisotopic (exact) mass is 485 g/mol. The highest BCUT2D eigenvalue weighted by molar-refractivity contribution is 7.89. The Morgan fingerprint density at radius 3 is 2.27 bits per heavy atom. The first-order valence-electron chi connectivity index (χ1n) is 10.4. The zero-order chi connectivity index (χ0) is 23.3. The standard InChI is InChI=1S/C23H23N3O5S2/c27-22(17-8-10-21(11-9-17)33(29,30)26-12-1-2-13-26)24-25-23(28)18-5-3-6-19(15-18)31-16-20-7-4-14-32-20/h3-11,14-15H,1-2,12-13,16H2,(H,24,27)(H,25,28). The van der Waals surface area contributed by atoms with E-state index in [-0.39, 0.29) is 10.5 Å². The predicted octanol–water partition coefficient (Wildman–Crippen LogP) is 3.19. The maximum atomic E-state index is 12.6. The first-order valence-corrected chi connectivity index (χ1v) is 12.7. The van der Waals surface area contributed by atoms with E-state index in [1.54, 1.807) is 35.6 Å². The Bertz CT molecular complexity index is 1220. The number of carbonyl (C=O) groups excluding carboxylic acids is 2. The number of benzene rings is 2. The molecule has 3 aromatic rings. The van der Waals surface area contributed by atoms with Crippen molar-refractivity contribution in [3.05, 3.63) is 82.0 Å². The average Bonchev–Trinajstić information content (AvgIpc) is 3.56. The lowest BCUT2D eigenvalue weighted by atomic mass is 10.2. The molecule has 1 aliphatic rings. The Balaban J connectivity index is 1.33. The molecular formula is C23H23N3O5S2. The third-order valence-electron chi connectivity index (χ3n) is 5.17. The summed E-state index contributed by atoms with van der Waals surface area (Å²) in [5.41, 5.74) is 5.26. The minimum atomic E-state index is -3.55. The van der Waals surface area contributed by atoms with Crippen LogP contribution in [0.4, 0.5) is 0 Å². The molecule has 1 saturated heterocycles. The van der Waals surface area contributed by atoms with Gasteiger partial charge in [-0.3, -0.25) is 20.4 Å². The van der Waals surface area contributed by atoms with E-state index in [1.165, 1.54) is 28.6 Å². The van der Waals surface area contributed by atoms with Gasteiger partial charge in [-0.1, -0.05) is 12.1 Å². The fraction of sp³-hybridized carbons (Fsp3) is 0.217. The van der Waals surface area contributed by atoms with E-state index in [2.05, 4.69) is 10.9 Å². The summed E-state index contributed by atoms with van der Waals surface area (Å²) in [7, 11) is -3.55. The number of sulfonamides is 1. The Morgan fingerprint density at radius 2 is 1.61 bits per heavy atom. The highest BCUT2D eigenvalue weighted by atomic mass is 32.2. The smallest absolute Gasteiger partial charge is 0.269 e. The van der Waals surface area contributed by atoms with Crippen LogP contribution in [0.2, 0.25) is 0 Å². The minimum Gasteiger partial charge on any atom is -0.488 e. The summed E-state index contributed by atoms with van der Waals surface area (Å²) in [6.07, 6.45) is 1.70. The van der Waals surface area contributed by atoms with Gasteiger partial charge in [0.05, 0.1) is 4.90 Å². The zero-order valence-electron chi connectivity index (χ0n) is 17.7. The Morgan fingerprint density at radius 1 is 0.909 bits per heavy atom. The number of ether oxygens (including phenoxy) is 1. The summed E-state index contributed by atoms with van der Waals surface area (Å²) < 4.78 is 32.3. The van der Waals surface area contributed by atoms with E-state index in [0.29, 0.717) is 31.0 Å². The van der Waals surface area contributed by atoms with E-state index >= 15 is 0 Å². The van der Waals surface area contributed by atoms with Gasteiger partial charge >= 0.3 is 0 Å². The Kier molecular flexibility index (Phi) is 7.07. The van der Waals surface area contributed by atoms with E-state index in [9.17, 15) is 18.0 Å². The normalized spacial score (nSPS) is 14.1. The Hall–Kier alpha value is -3.21. The molecule has 2 heterocycles. The van der Waals surface area contributed by atoms with Gasteiger partial charge in [-0.2, -0.15) is 4.31 Å². The second kappa shape index (κ2) is 10.2. The molecule has 172 valence electrons. The van der Waals surface area contributed by atoms with Gasteiger partial charge in [-0.25, -0.2) is 8.42 Å². The summed E-state index contributed by atoms with van der Waals surface area (Å²) in [5.74, 6) is -0.520. The van der Waals surface area contributed by atoms with Crippen molar-refractivity contribution in [2.24, 2.45) is 0 Å². The van der Waals surface area contributed by atoms with E-state index in [1.807, 2.05) is 17.5 Å². The number of amides is 2. The highest BCUT2D eigenvalue weighted by Crippen LogP contribution is 2.21. The topological polar surface area (TPSA) is 105 Å². The van der Waals surface area contributed by atoms with Crippen LogP contribution >= 0.6 is 11.3 Å². The van der Waals surface area contributed by atoms with E-state index in [4.69, 9.17) is 4.74 Å². The van der Waals surface area contributed by atoms with Crippen LogP contribution in [0.3, 0.4) is 0 Å². The van der Waals surface area contributed by atoms with Gasteiger partial charge in [-0.15, -0.1) is 11.3 Å². The fourth-order valence-electron chi connectivity index (χ4n) is 3.39. The van der Waals surface area contributed by atoms with Crippen molar-refractivity contribution in [3.8, 4) is 5.75 Å². The van der Waals surface area contributed by atoms with Crippen molar-refractivity contribution >= 4 is 33.2 Å². The van der Waals surface area contributed by atoms with Gasteiger partial charge in [-0.05, 0) is 66.8 Å². The predicted molar refractivity (Wildman–Crippen MR) is 124 cm³/mol. The van der Waals surface area contributed by atoms with Crippen LogP contribution < -0.4 is 15.6 Å². The first kappa shape index (κ1) is 23.0. The van der Waals surface area contributed by atoms with Crippen LogP contribution in [-0.2, 0) is 16.6 Å². The second-order valence-corrected chi connectivity index (χ2v) is 10.4. The third-order valence-corrected chi connectivity index (χ3v) is 7.93. The van der Waals surface area contributed by atoms with Crippen LogP contribution in [0, 0.1) is 0 Å². The van der Waals surface area contributed by atoms with E-state index in [0.717, 1.165) is 17.7 Å². The molecule has 0 bridgehead atoms. The third kappa shape index (κ3) is 5.59. The number of carbonyl (C=O) groups is 2. The van der Waals surface area contributed by atoms with Crippen molar-refractivity contribution in [3.63, 3.8) is 0 Å². The van der Waals surface area contributed by atoms with Gasteiger partial charge in [0.25, 0.3) is 11.8 Å². The lowest BCUT2D eigenvalue weighted by Crippen LogP contribution is -2.41. The van der Waals surface area contributed by atoms with Gasteiger partial charge in [0.2, 0.25) is 10.0 Å². The van der Waals surface area contributed by atoms with Crippen molar-refractivity contribution in [1.29, 1.82) is 0 Å². The SMILES string of the molecule is O=C(NNC(=O)c1cccc(OCc2cccs2)c1)c1ccc(S(=O)(=O)N2CCCC2)cc1. The zero-order valence-corrected chi connectivity index (χ0v) is 19.3. The van der Waals surface area contributed by atoms with Crippen LogP contribution in [-0.4, -0.2) is 37.6 Å². The molecule has 33 heavy (non-hydrogen) atoms. The summed E-state index contributed by atoms with van der Waals surface area (Å²) in [6, 6.07) is 16.2. The summed E-state index contributed by atoms with van der Waals surface area (Å²) in [6.45, 7) is 1.43. The number of hydrogen-bond donors (Lipinski definition) is 2. The van der Waals surface area contributed by atoms with Crippen LogP contribution in [0.15, 0.2) is 70.9 Å². The molecule has 2 aromatic carbocycles. The first-order chi connectivity index (χ1) is 15.9. The minimum absolute atomic E-state index is 0.143. The molecule has 2 N–H and O–H groups in total. The molecule has 4 rings (SSSR count). The molecule has 1 aromatic heterocycles. The average molecular weight is 486 g/mol. The van der Waals surface area contributed by atoms with Gasteiger partial charge < -0.3 is 4.74 Å². The van der Waals surface area contributed by atoms with Crippen LogP contribution in [0.5, 0.6) is 5.75 Å². The van der Waals surface area contributed by atoms with Crippen molar-refractivity contribution < 1.29 is 22.7 Å². The van der Waals surface area contributed by atoms with E-state index < -0.39 is 21.8 Å². The van der Waals surface area contributed by atoms with Gasteiger partial charge in [0, 0.05) is 29.1 Å². The maximum Gasteiger partial charge on any atom is 0.269 e. The van der Waals surface area contributed by atoms with Crippen molar-refractivity contribution in [1.82, 2.24) is 15.2 Å². The molecule has 0 aliphatic carbocycles. The largest absolute Gasteiger partial charge is 0.488 e. The van der Waals surface area contributed by atoms with Crippen LogP contribution in [0.1, 0.15) is 38.4 Å². The summed E-state index contributed by atoms with van der Waals surface area (Å²) >= 11 is 1.58. The van der Waals surface area contributed by atoms with Crippen molar-refractivity contribution in [2.45, 2.75) is 24.3 Å². The number of nitrogens with zero attached hydrogens (tertiary/aromatic N) is 1. The molecule has 0 unspecified atom stereocenters. The molecule has 1 fully saturated rings. The number of hydrazine groups is 1. The van der Waals surface area contributed by atoms with Gasteiger partial charge in [0.15, 0.2) is 0 Å². The fourth-order valence-corrected chi connectivity index (χ4v) is 5.52. The number of thiophene rings is 1. The lowest BCUT2D eigenvalue weighted by molar-refractivity contribution is 0.0846. The van der Waals surface area contributed by atoms with Crippen molar-refractivity contribution in [2.75, 3.05) is 13.1 Å². The highest BCUT2D eigenvalue weighted by Gasteiger charge is 2.27. The summed E-state index contributed by atoms with van der Waals surface area (Å²) in [4.78, 5) is 26.0.